The SMILES string of the molecule is CCCC1CCC(C(=O)c2ccc(OCC)c(F)c2F)CC1. The third-order valence-electron chi connectivity index (χ3n) is 4.53. The first-order valence-corrected chi connectivity index (χ1v) is 8.23. The standard InChI is InChI=1S/C18H24F2O2/c1-3-5-12-6-8-13(9-7-12)18(21)14-10-11-15(22-4-2)17(20)16(14)19/h10-13H,3-9H2,1-2H3. The van der Waals surface area contributed by atoms with E-state index < -0.39 is 11.6 Å². The Labute approximate surface area is 130 Å². The van der Waals surface area contributed by atoms with Crippen molar-refractivity contribution in [3.63, 3.8) is 0 Å². The van der Waals surface area contributed by atoms with Gasteiger partial charge in [-0.15, -0.1) is 0 Å². The Morgan fingerprint density at radius 3 is 2.41 bits per heavy atom. The molecule has 0 radical (unpaired) electrons. The van der Waals surface area contributed by atoms with Crippen LogP contribution in [-0.4, -0.2) is 12.4 Å². The monoisotopic (exact) mass is 310 g/mol. The van der Waals surface area contributed by atoms with E-state index in [4.69, 9.17) is 4.74 Å². The Hall–Kier alpha value is -1.45. The van der Waals surface area contributed by atoms with E-state index in [1.54, 1.807) is 6.92 Å². The first kappa shape index (κ1) is 16.9. The number of carbonyl (C=O) groups is 1. The minimum atomic E-state index is -1.08. The van der Waals surface area contributed by atoms with Crippen LogP contribution < -0.4 is 4.74 Å². The van der Waals surface area contributed by atoms with Crippen molar-refractivity contribution in [2.24, 2.45) is 11.8 Å². The molecule has 22 heavy (non-hydrogen) atoms. The van der Waals surface area contributed by atoms with Gasteiger partial charge in [-0.1, -0.05) is 19.8 Å². The number of ketones is 1. The maximum absolute atomic E-state index is 14.1. The summed E-state index contributed by atoms with van der Waals surface area (Å²) < 4.78 is 33.0. The van der Waals surface area contributed by atoms with Gasteiger partial charge in [-0.2, -0.15) is 4.39 Å². The molecule has 1 aliphatic carbocycles. The summed E-state index contributed by atoms with van der Waals surface area (Å²) in [5.41, 5.74) is -0.139. The summed E-state index contributed by atoms with van der Waals surface area (Å²) in [6, 6.07) is 2.70. The van der Waals surface area contributed by atoms with Gasteiger partial charge in [0.15, 0.2) is 17.3 Å². The lowest BCUT2D eigenvalue weighted by Gasteiger charge is -2.27. The van der Waals surface area contributed by atoms with Gasteiger partial charge in [-0.25, -0.2) is 4.39 Å². The predicted octanol–water partition coefficient (Wildman–Crippen LogP) is 5.15. The first-order valence-electron chi connectivity index (χ1n) is 8.23. The highest BCUT2D eigenvalue weighted by Gasteiger charge is 2.29. The van der Waals surface area contributed by atoms with E-state index in [-0.39, 0.29) is 29.6 Å². The highest BCUT2D eigenvalue weighted by Crippen LogP contribution is 2.34. The highest BCUT2D eigenvalue weighted by molar-refractivity contribution is 5.98. The average Bonchev–Trinajstić information content (AvgIpc) is 2.53. The largest absolute Gasteiger partial charge is 0.491 e. The molecule has 1 aromatic carbocycles. The van der Waals surface area contributed by atoms with Gasteiger partial charge in [0.05, 0.1) is 12.2 Å². The lowest BCUT2D eigenvalue weighted by atomic mass is 9.77. The minimum absolute atomic E-state index is 0.136. The van der Waals surface area contributed by atoms with Gasteiger partial charge in [-0.05, 0) is 50.7 Å². The first-order chi connectivity index (χ1) is 10.6. The van der Waals surface area contributed by atoms with Gasteiger partial charge in [-0.3, -0.25) is 4.79 Å². The van der Waals surface area contributed by atoms with Crippen LogP contribution in [0.25, 0.3) is 0 Å². The third kappa shape index (κ3) is 3.65. The molecule has 0 bridgehead atoms. The predicted molar refractivity (Wildman–Crippen MR) is 82.2 cm³/mol. The van der Waals surface area contributed by atoms with Crippen LogP contribution in [0.5, 0.6) is 5.75 Å². The van der Waals surface area contributed by atoms with Crippen LogP contribution >= 0.6 is 0 Å². The molecular formula is C18H24F2O2. The molecule has 0 heterocycles. The van der Waals surface area contributed by atoms with Gasteiger partial charge in [0.1, 0.15) is 0 Å². The lowest BCUT2D eigenvalue weighted by Crippen LogP contribution is -2.23. The summed E-state index contributed by atoms with van der Waals surface area (Å²) in [7, 11) is 0. The topological polar surface area (TPSA) is 26.3 Å². The fraction of sp³-hybridized carbons (Fsp3) is 0.611. The quantitative estimate of drug-likeness (QED) is 0.679. The van der Waals surface area contributed by atoms with Crippen molar-refractivity contribution in [2.75, 3.05) is 6.61 Å². The molecule has 0 unspecified atom stereocenters. The van der Waals surface area contributed by atoms with Crippen molar-refractivity contribution in [1.82, 2.24) is 0 Å². The smallest absolute Gasteiger partial charge is 0.201 e. The van der Waals surface area contributed by atoms with Crippen LogP contribution in [0.4, 0.5) is 8.78 Å². The zero-order chi connectivity index (χ0) is 16.1. The van der Waals surface area contributed by atoms with Crippen LogP contribution in [0.15, 0.2) is 12.1 Å². The maximum atomic E-state index is 14.1. The molecule has 0 amide bonds. The Balaban J connectivity index is 2.09. The van der Waals surface area contributed by atoms with E-state index in [1.165, 1.54) is 18.6 Å². The second kappa shape index (κ2) is 7.70. The minimum Gasteiger partial charge on any atom is -0.491 e. The highest BCUT2D eigenvalue weighted by atomic mass is 19.2. The summed E-state index contributed by atoms with van der Waals surface area (Å²) in [5.74, 6) is -2.05. The maximum Gasteiger partial charge on any atom is 0.201 e. The summed E-state index contributed by atoms with van der Waals surface area (Å²) in [6.07, 6.45) is 5.90. The molecule has 4 heteroatoms. The Bertz CT molecular complexity index is 520. The molecule has 122 valence electrons. The normalized spacial score (nSPS) is 21.6. The number of hydrogen-bond donors (Lipinski definition) is 0. The van der Waals surface area contributed by atoms with Gasteiger partial charge < -0.3 is 4.74 Å². The van der Waals surface area contributed by atoms with Gasteiger partial charge >= 0.3 is 0 Å². The van der Waals surface area contributed by atoms with Crippen molar-refractivity contribution in [3.05, 3.63) is 29.3 Å². The molecule has 1 fully saturated rings. The van der Waals surface area contributed by atoms with E-state index in [1.807, 2.05) is 0 Å². The Kier molecular flexibility index (Phi) is 5.92. The van der Waals surface area contributed by atoms with Crippen molar-refractivity contribution >= 4 is 5.78 Å². The molecule has 1 aliphatic rings. The molecule has 0 N–H and O–H groups in total. The van der Waals surface area contributed by atoms with Crippen molar-refractivity contribution in [1.29, 1.82) is 0 Å². The van der Waals surface area contributed by atoms with E-state index in [0.29, 0.717) is 5.92 Å². The molecule has 1 saturated carbocycles. The fourth-order valence-corrected chi connectivity index (χ4v) is 3.33. The van der Waals surface area contributed by atoms with Crippen molar-refractivity contribution < 1.29 is 18.3 Å². The van der Waals surface area contributed by atoms with Crippen LogP contribution in [-0.2, 0) is 0 Å². The van der Waals surface area contributed by atoms with E-state index in [0.717, 1.165) is 32.1 Å². The molecule has 0 atom stereocenters. The average molecular weight is 310 g/mol. The third-order valence-corrected chi connectivity index (χ3v) is 4.53. The lowest BCUT2D eigenvalue weighted by molar-refractivity contribution is 0.0864. The molecule has 1 aromatic rings. The van der Waals surface area contributed by atoms with E-state index >= 15 is 0 Å². The number of Topliss-reactive ketones (excluding diaryl/α,β-unsaturated/α-hetero) is 1. The Morgan fingerprint density at radius 2 is 1.82 bits per heavy atom. The molecule has 2 rings (SSSR count). The van der Waals surface area contributed by atoms with Crippen LogP contribution in [0.1, 0.15) is 62.7 Å². The number of hydrogen-bond acceptors (Lipinski definition) is 2. The van der Waals surface area contributed by atoms with Crippen LogP contribution in [0.2, 0.25) is 0 Å². The van der Waals surface area contributed by atoms with Crippen LogP contribution in [0, 0.1) is 23.5 Å². The number of ether oxygens (including phenoxy) is 1. The zero-order valence-corrected chi connectivity index (χ0v) is 13.3. The van der Waals surface area contributed by atoms with Gasteiger partial charge in [0.25, 0.3) is 0 Å². The zero-order valence-electron chi connectivity index (χ0n) is 13.3. The number of carbonyl (C=O) groups excluding carboxylic acids is 1. The summed E-state index contributed by atoms with van der Waals surface area (Å²) in [4.78, 5) is 12.5. The Morgan fingerprint density at radius 1 is 1.14 bits per heavy atom. The summed E-state index contributed by atoms with van der Waals surface area (Å²) in [6.45, 7) is 4.12. The number of rotatable bonds is 6. The summed E-state index contributed by atoms with van der Waals surface area (Å²) >= 11 is 0. The second-order valence-corrected chi connectivity index (χ2v) is 6.04. The van der Waals surface area contributed by atoms with E-state index in [9.17, 15) is 13.6 Å². The molecular weight excluding hydrogens is 286 g/mol. The molecule has 0 aliphatic heterocycles. The van der Waals surface area contributed by atoms with Crippen LogP contribution in [0.3, 0.4) is 0 Å². The van der Waals surface area contributed by atoms with Gasteiger partial charge in [0.2, 0.25) is 5.82 Å². The fourth-order valence-electron chi connectivity index (χ4n) is 3.33. The number of benzene rings is 1. The summed E-state index contributed by atoms with van der Waals surface area (Å²) in [5, 5.41) is 0. The van der Waals surface area contributed by atoms with E-state index in [2.05, 4.69) is 6.92 Å². The van der Waals surface area contributed by atoms with Gasteiger partial charge in [0, 0.05) is 5.92 Å². The van der Waals surface area contributed by atoms with Crippen molar-refractivity contribution in [2.45, 2.75) is 52.4 Å². The molecule has 0 spiro atoms. The molecule has 2 nitrogen and oxygen atoms in total. The molecule has 0 saturated heterocycles. The number of halogens is 2. The second-order valence-electron chi connectivity index (χ2n) is 6.04. The molecule has 0 aromatic heterocycles. The van der Waals surface area contributed by atoms with Crippen molar-refractivity contribution in [3.8, 4) is 5.75 Å².